The van der Waals surface area contributed by atoms with Crippen LogP contribution < -0.4 is 5.32 Å². The Bertz CT molecular complexity index is 498. The summed E-state index contributed by atoms with van der Waals surface area (Å²) >= 11 is 0. The molecule has 2 N–H and O–H groups in total. The molecule has 20 heavy (non-hydrogen) atoms. The van der Waals surface area contributed by atoms with E-state index in [-0.39, 0.29) is 6.61 Å². The van der Waals surface area contributed by atoms with E-state index in [1.165, 1.54) is 18.4 Å². The lowest BCUT2D eigenvalue weighted by molar-refractivity contribution is 0.229. The topological polar surface area (TPSA) is 69.6 Å². The van der Waals surface area contributed by atoms with Gasteiger partial charge in [0.2, 0.25) is 10.0 Å². The normalized spacial score (nSPS) is 13.4. The number of aliphatic hydroxyl groups excluding tert-OH is 1. The lowest BCUT2D eigenvalue weighted by Crippen LogP contribution is -2.22. The van der Waals surface area contributed by atoms with E-state index in [9.17, 15) is 8.42 Å². The molecule has 0 fully saturated rings. The van der Waals surface area contributed by atoms with Gasteiger partial charge in [-0.3, -0.25) is 0 Å². The van der Waals surface area contributed by atoms with Crippen LogP contribution in [-0.2, 0) is 10.0 Å². The van der Waals surface area contributed by atoms with Gasteiger partial charge in [0.15, 0.2) is 0 Å². The first-order valence-corrected chi connectivity index (χ1v) is 8.19. The van der Waals surface area contributed by atoms with Crippen molar-refractivity contribution < 1.29 is 13.5 Å². The molecule has 0 aliphatic carbocycles. The minimum absolute atomic E-state index is 0.219. The van der Waals surface area contributed by atoms with Crippen molar-refractivity contribution in [1.82, 2.24) is 4.31 Å². The maximum absolute atomic E-state index is 11.9. The zero-order chi connectivity index (χ0) is 15.2. The molecular weight excluding hydrogens is 276 g/mol. The quantitative estimate of drug-likeness (QED) is 0.718. The predicted molar refractivity (Wildman–Crippen MR) is 81.3 cm³/mol. The number of benzene rings is 1. The summed E-state index contributed by atoms with van der Waals surface area (Å²) in [5.74, 6) is 0.324. The minimum atomic E-state index is -3.36. The molecule has 0 amide bonds. The van der Waals surface area contributed by atoms with E-state index in [1.807, 2.05) is 6.92 Å². The lowest BCUT2D eigenvalue weighted by atomic mass is 10.1. The molecular formula is C14H24N2O3S. The van der Waals surface area contributed by atoms with Gasteiger partial charge in [-0.05, 0) is 43.0 Å². The van der Waals surface area contributed by atoms with Crippen molar-refractivity contribution in [2.24, 2.45) is 5.92 Å². The van der Waals surface area contributed by atoms with Crippen LogP contribution >= 0.6 is 0 Å². The van der Waals surface area contributed by atoms with Crippen LogP contribution in [0, 0.1) is 5.92 Å². The molecule has 0 saturated carbocycles. The molecule has 0 bridgehead atoms. The Balaban J connectivity index is 2.52. The number of nitrogens with zero attached hydrogens (tertiary/aromatic N) is 1. The summed E-state index contributed by atoms with van der Waals surface area (Å²) in [5.41, 5.74) is 0.902. The van der Waals surface area contributed by atoms with E-state index in [4.69, 9.17) is 5.11 Å². The van der Waals surface area contributed by atoms with E-state index in [2.05, 4.69) is 5.32 Å². The molecule has 0 aliphatic rings. The van der Waals surface area contributed by atoms with Gasteiger partial charge in [0.25, 0.3) is 0 Å². The summed E-state index contributed by atoms with van der Waals surface area (Å²) < 4.78 is 25.0. The van der Waals surface area contributed by atoms with Gasteiger partial charge in [0.05, 0.1) is 4.90 Å². The zero-order valence-corrected chi connectivity index (χ0v) is 13.2. The highest BCUT2D eigenvalue weighted by Crippen LogP contribution is 2.16. The maximum atomic E-state index is 11.9. The van der Waals surface area contributed by atoms with Crippen molar-refractivity contribution in [2.45, 2.75) is 24.7 Å². The van der Waals surface area contributed by atoms with Crippen LogP contribution in [0.4, 0.5) is 5.69 Å². The van der Waals surface area contributed by atoms with Crippen molar-refractivity contribution in [3.05, 3.63) is 24.3 Å². The average molecular weight is 300 g/mol. The van der Waals surface area contributed by atoms with Crippen molar-refractivity contribution in [2.75, 3.05) is 32.6 Å². The molecule has 1 aromatic rings. The number of nitrogens with one attached hydrogen (secondary N) is 1. The second-order valence-corrected chi connectivity index (χ2v) is 7.32. The molecule has 0 radical (unpaired) electrons. The van der Waals surface area contributed by atoms with Crippen LogP contribution in [0.5, 0.6) is 0 Å². The van der Waals surface area contributed by atoms with E-state index in [0.717, 1.165) is 25.1 Å². The number of aliphatic hydroxyl groups is 1. The van der Waals surface area contributed by atoms with Crippen molar-refractivity contribution in [3.8, 4) is 0 Å². The van der Waals surface area contributed by atoms with E-state index < -0.39 is 10.0 Å². The first-order valence-electron chi connectivity index (χ1n) is 6.75. The third-order valence-corrected chi connectivity index (χ3v) is 4.98. The Hall–Kier alpha value is -1.11. The third-order valence-electron chi connectivity index (χ3n) is 3.15. The molecule has 5 nitrogen and oxygen atoms in total. The molecule has 1 aromatic carbocycles. The van der Waals surface area contributed by atoms with Gasteiger partial charge in [-0.25, -0.2) is 12.7 Å². The second-order valence-electron chi connectivity index (χ2n) is 5.17. The average Bonchev–Trinajstić information content (AvgIpc) is 2.43. The monoisotopic (exact) mass is 300 g/mol. The highest BCUT2D eigenvalue weighted by molar-refractivity contribution is 7.89. The molecule has 0 saturated heterocycles. The smallest absolute Gasteiger partial charge is 0.242 e. The summed E-state index contributed by atoms with van der Waals surface area (Å²) in [7, 11) is -0.320. The van der Waals surface area contributed by atoms with Crippen molar-refractivity contribution >= 4 is 15.7 Å². The standard InChI is InChI=1S/C14H24N2O3S/c1-12(11-17)5-4-10-15-13-6-8-14(9-7-13)20(18,19)16(2)3/h6-9,12,15,17H,4-5,10-11H2,1-3H3. The molecule has 1 unspecified atom stereocenters. The SMILES string of the molecule is CC(CO)CCCNc1ccc(S(=O)(=O)N(C)C)cc1. The molecule has 1 atom stereocenters. The fraction of sp³-hybridized carbons (Fsp3) is 0.571. The van der Waals surface area contributed by atoms with Crippen LogP contribution in [0.2, 0.25) is 0 Å². The van der Waals surface area contributed by atoms with E-state index in [0.29, 0.717) is 10.8 Å². The molecule has 0 aliphatic heterocycles. The Morgan fingerprint density at radius 2 is 1.85 bits per heavy atom. The van der Waals surface area contributed by atoms with Crippen LogP contribution in [0.15, 0.2) is 29.2 Å². The molecule has 6 heteroatoms. The first-order chi connectivity index (χ1) is 9.37. The molecule has 0 spiro atoms. The number of sulfonamides is 1. The number of rotatable bonds is 8. The van der Waals surface area contributed by atoms with Gasteiger partial charge in [0.1, 0.15) is 0 Å². The number of hydrogen-bond acceptors (Lipinski definition) is 4. The first kappa shape index (κ1) is 16.9. The third kappa shape index (κ3) is 4.77. The largest absolute Gasteiger partial charge is 0.396 e. The highest BCUT2D eigenvalue weighted by Gasteiger charge is 2.16. The molecule has 0 aromatic heterocycles. The Morgan fingerprint density at radius 1 is 1.25 bits per heavy atom. The van der Waals surface area contributed by atoms with Crippen LogP contribution in [-0.4, -0.2) is 45.1 Å². The molecule has 0 heterocycles. The summed E-state index contributed by atoms with van der Waals surface area (Å²) in [6.45, 7) is 3.04. The molecule has 114 valence electrons. The second kappa shape index (κ2) is 7.61. The summed E-state index contributed by atoms with van der Waals surface area (Å²) in [5, 5.41) is 12.2. The van der Waals surface area contributed by atoms with Gasteiger partial charge in [-0.1, -0.05) is 6.92 Å². The maximum Gasteiger partial charge on any atom is 0.242 e. The Morgan fingerprint density at radius 3 is 2.35 bits per heavy atom. The minimum Gasteiger partial charge on any atom is -0.396 e. The highest BCUT2D eigenvalue weighted by atomic mass is 32.2. The van der Waals surface area contributed by atoms with Crippen LogP contribution in [0.25, 0.3) is 0 Å². The summed E-state index contributed by atoms with van der Waals surface area (Å²) in [6, 6.07) is 6.75. The number of anilines is 1. The van der Waals surface area contributed by atoms with Gasteiger partial charge in [-0.2, -0.15) is 0 Å². The lowest BCUT2D eigenvalue weighted by Gasteiger charge is -2.12. The van der Waals surface area contributed by atoms with E-state index >= 15 is 0 Å². The predicted octanol–water partition coefficient (Wildman–Crippen LogP) is 1.76. The van der Waals surface area contributed by atoms with Crippen molar-refractivity contribution in [1.29, 1.82) is 0 Å². The van der Waals surface area contributed by atoms with Crippen LogP contribution in [0.1, 0.15) is 19.8 Å². The van der Waals surface area contributed by atoms with E-state index in [1.54, 1.807) is 24.3 Å². The zero-order valence-electron chi connectivity index (χ0n) is 12.3. The van der Waals surface area contributed by atoms with Gasteiger partial charge < -0.3 is 10.4 Å². The fourth-order valence-corrected chi connectivity index (χ4v) is 2.63. The summed E-state index contributed by atoms with van der Waals surface area (Å²) in [6.07, 6.45) is 1.94. The fourth-order valence-electron chi connectivity index (χ4n) is 1.73. The van der Waals surface area contributed by atoms with Crippen LogP contribution in [0.3, 0.4) is 0 Å². The molecule has 1 rings (SSSR count). The van der Waals surface area contributed by atoms with Gasteiger partial charge in [0, 0.05) is 32.9 Å². The number of hydrogen-bond donors (Lipinski definition) is 2. The van der Waals surface area contributed by atoms with Gasteiger partial charge >= 0.3 is 0 Å². The van der Waals surface area contributed by atoms with Gasteiger partial charge in [-0.15, -0.1) is 0 Å². The summed E-state index contributed by atoms with van der Waals surface area (Å²) in [4.78, 5) is 0.293. The Kier molecular flexibility index (Phi) is 6.45. The Labute approximate surface area is 121 Å². The van der Waals surface area contributed by atoms with Crippen molar-refractivity contribution in [3.63, 3.8) is 0 Å².